The van der Waals surface area contributed by atoms with Crippen molar-refractivity contribution in [1.82, 2.24) is 0 Å². The van der Waals surface area contributed by atoms with Gasteiger partial charge in [-0.05, 0) is 31.5 Å². The molecule has 26 heavy (non-hydrogen) atoms. The molecule has 1 atom stereocenters. The van der Waals surface area contributed by atoms with E-state index in [-0.39, 0.29) is 19.3 Å². The van der Waals surface area contributed by atoms with Crippen molar-refractivity contribution in [2.45, 2.75) is 32.3 Å². The van der Waals surface area contributed by atoms with Crippen LogP contribution in [0.4, 0.5) is 0 Å². The largest absolute Gasteiger partial charge is 0.497 e. The average Bonchev–Trinajstić information content (AvgIpc) is 2.98. The Morgan fingerprint density at radius 2 is 2.00 bits per heavy atom. The molecule has 1 aromatic rings. The van der Waals surface area contributed by atoms with Crippen molar-refractivity contribution >= 4 is 5.97 Å². The monoisotopic (exact) mass is 366 g/mol. The minimum absolute atomic E-state index is 0.137. The number of carbonyl (C=O) groups is 1. The molecule has 7 nitrogen and oxygen atoms in total. The van der Waals surface area contributed by atoms with Crippen LogP contribution in [-0.4, -0.2) is 51.9 Å². The van der Waals surface area contributed by atoms with E-state index in [9.17, 15) is 4.79 Å². The van der Waals surface area contributed by atoms with Crippen LogP contribution in [-0.2, 0) is 35.1 Å². The van der Waals surface area contributed by atoms with E-state index in [1.807, 2.05) is 38.1 Å². The highest BCUT2D eigenvalue weighted by Crippen LogP contribution is 2.23. The Hall–Kier alpha value is -2.09. The molecule has 1 aliphatic rings. The van der Waals surface area contributed by atoms with Crippen molar-refractivity contribution in [1.29, 1.82) is 0 Å². The highest BCUT2D eigenvalue weighted by molar-refractivity contribution is 5.82. The third-order valence-corrected chi connectivity index (χ3v) is 3.67. The molecule has 1 aromatic carbocycles. The Kier molecular flexibility index (Phi) is 7.44. The van der Waals surface area contributed by atoms with Crippen LogP contribution in [0.2, 0.25) is 0 Å². The summed E-state index contributed by atoms with van der Waals surface area (Å²) >= 11 is 0. The van der Waals surface area contributed by atoms with Gasteiger partial charge in [-0.3, -0.25) is 0 Å². The molecule has 0 spiro atoms. The van der Waals surface area contributed by atoms with Crippen molar-refractivity contribution in [3.8, 4) is 5.75 Å². The van der Waals surface area contributed by atoms with Gasteiger partial charge in [0.15, 0.2) is 5.79 Å². The number of methoxy groups -OCH3 is 2. The lowest BCUT2D eigenvalue weighted by Gasteiger charge is -2.18. The molecule has 2 rings (SSSR count). The lowest BCUT2D eigenvalue weighted by Crippen LogP contribution is -2.24. The van der Waals surface area contributed by atoms with Crippen molar-refractivity contribution in [3.05, 3.63) is 41.7 Å². The SMILES string of the molecule is COC(=O)/C=C(\COCc1ccc(OC)cc1)OC[C@@H]1COC(C)(C)O1. The second-order valence-electron chi connectivity index (χ2n) is 6.24. The number of esters is 1. The second-order valence-corrected chi connectivity index (χ2v) is 6.24. The van der Waals surface area contributed by atoms with Gasteiger partial charge in [-0.2, -0.15) is 0 Å². The van der Waals surface area contributed by atoms with E-state index in [4.69, 9.17) is 23.7 Å². The summed E-state index contributed by atoms with van der Waals surface area (Å²) in [4.78, 5) is 11.5. The second kappa shape index (κ2) is 9.56. The van der Waals surface area contributed by atoms with Crippen molar-refractivity contribution in [2.75, 3.05) is 34.0 Å². The first-order valence-corrected chi connectivity index (χ1v) is 8.35. The van der Waals surface area contributed by atoms with Crippen LogP contribution in [0.25, 0.3) is 0 Å². The standard InChI is InChI=1S/C19H26O7/c1-19(2)25-13-17(26-19)12-24-16(9-18(20)22-4)11-23-10-14-5-7-15(21-3)8-6-14/h5-9,17H,10-13H2,1-4H3/b16-9+/t17-/m1/s1. The Labute approximate surface area is 153 Å². The summed E-state index contributed by atoms with van der Waals surface area (Å²) in [7, 11) is 2.93. The normalized spacial score (nSPS) is 19.2. The van der Waals surface area contributed by atoms with E-state index < -0.39 is 11.8 Å². The topological polar surface area (TPSA) is 72.5 Å². The maximum atomic E-state index is 11.5. The van der Waals surface area contributed by atoms with E-state index in [0.717, 1.165) is 11.3 Å². The Morgan fingerprint density at radius 3 is 2.58 bits per heavy atom. The molecule has 1 saturated heterocycles. The summed E-state index contributed by atoms with van der Waals surface area (Å²) in [5.41, 5.74) is 0.984. The molecule has 0 amide bonds. The van der Waals surface area contributed by atoms with E-state index in [2.05, 4.69) is 4.74 Å². The lowest BCUT2D eigenvalue weighted by atomic mass is 10.2. The predicted molar refractivity (Wildman–Crippen MR) is 93.6 cm³/mol. The summed E-state index contributed by atoms with van der Waals surface area (Å²) < 4.78 is 32.3. The maximum Gasteiger partial charge on any atom is 0.333 e. The predicted octanol–water partition coefficient (Wildman–Crippen LogP) is 2.44. The number of rotatable bonds is 9. The quantitative estimate of drug-likeness (QED) is 0.378. The molecule has 1 heterocycles. The van der Waals surface area contributed by atoms with Gasteiger partial charge in [0.2, 0.25) is 0 Å². The highest BCUT2D eigenvalue weighted by atomic mass is 16.7. The Bertz CT molecular complexity index is 607. The highest BCUT2D eigenvalue weighted by Gasteiger charge is 2.33. The number of hydrogen-bond acceptors (Lipinski definition) is 7. The summed E-state index contributed by atoms with van der Waals surface area (Å²) in [5.74, 6) is 0.0335. The third kappa shape index (κ3) is 6.67. The lowest BCUT2D eigenvalue weighted by molar-refractivity contribution is -0.144. The fourth-order valence-electron chi connectivity index (χ4n) is 2.35. The van der Waals surface area contributed by atoms with Crippen LogP contribution >= 0.6 is 0 Å². The zero-order chi connectivity index (χ0) is 19.0. The molecular formula is C19H26O7. The fourth-order valence-corrected chi connectivity index (χ4v) is 2.35. The molecule has 0 aliphatic carbocycles. The van der Waals surface area contributed by atoms with Crippen molar-refractivity contribution in [3.63, 3.8) is 0 Å². The van der Waals surface area contributed by atoms with Gasteiger partial charge in [0.1, 0.15) is 30.8 Å². The average molecular weight is 366 g/mol. The maximum absolute atomic E-state index is 11.5. The van der Waals surface area contributed by atoms with E-state index in [1.165, 1.54) is 13.2 Å². The van der Waals surface area contributed by atoms with Crippen LogP contribution in [0, 0.1) is 0 Å². The first-order valence-electron chi connectivity index (χ1n) is 8.35. The first-order chi connectivity index (χ1) is 12.4. The minimum atomic E-state index is -0.620. The van der Waals surface area contributed by atoms with Crippen LogP contribution in [0.5, 0.6) is 5.75 Å². The number of ether oxygens (including phenoxy) is 6. The molecule has 0 saturated carbocycles. The molecule has 0 aromatic heterocycles. The number of benzene rings is 1. The fraction of sp³-hybridized carbons (Fsp3) is 0.526. The molecule has 1 fully saturated rings. The van der Waals surface area contributed by atoms with Gasteiger partial charge in [0.05, 0.1) is 33.5 Å². The van der Waals surface area contributed by atoms with Gasteiger partial charge >= 0.3 is 5.97 Å². The van der Waals surface area contributed by atoms with Gasteiger partial charge in [-0.15, -0.1) is 0 Å². The molecule has 0 unspecified atom stereocenters. The van der Waals surface area contributed by atoms with Gasteiger partial charge in [0.25, 0.3) is 0 Å². The number of hydrogen-bond donors (Lipinski definition) is 0. The molecule has 0 radical (unpaired) electrons. The zero-order valence-electron chi connectivity index (χ0n) is 15.7. The van der Waals surface area contributed by atoms with Crippen LogP contribution in [0.15, 0.2) is 36.1 Å². The van der Waals surface area contributed by atoms with Gasteiger partial charge in [0, 0.05) is 0 Å². The van der Waals surface area contributed by atoms with Crippen LogP contribution in [0.1, 0.15) is 19.4 Å². The Morgan fingerprint density at radius 1 is 1.27 bits per heavy atom. The van der Waals surface area contributed by atoms with Gasteiger partial charge < -0.3 is 28.4 Å². The van der Waals surface area contributed by atoms with E-state index in [1.54, 1.807) is 7.11 Å². The first kappa shape index (κ1) is 20.2. The molecule has 0 N–H and O–H groups in total. The van der Waals surface area contributed by atoms with Crippen LogP contribution < -0.4 is 4.74 Å². The van der Waals surface area contributed by atoms with Crippen molar-refractivity contribution in [2.24, 2.45) is 0 Å². The van der Waals surface area contributed by atoms with Gasteiger partial charge in [-0.25, -0.2) is 4.79 Å². The number of carbonyl (C=O) groups excluding carboxylic acids is 1. The summed E-state index contributed by atoms with van der Waals surface area (Å²) in [5, 5.41) is 0. The Balaban J connectivity index is 1.84. The van der Waals surface area contributed by atoms with E-state index >= 15 is 0 Å². The molecular weight excluding hydrogens is 340 g/mol. The molecule has 144 valence electrons. The van der Waals surface area contributed by atoms with E-state index in [0.29, 0.717) is 19.0 Å². The van der Waals surface area contributed by atoms with Crippen molar-refractivity contribution < 1.29 is 33.2 Å². The molecule has 1 aliphatic heterocycles. The minimum Gasteiger partial charge on any atom is -0.497 e. The zero-order valence-corrected chi connectivity index (χ0v) is 15.7. The van der Waals surface area contributed by atoms with Gasteiger partial charge in [-0.1, -0.05) is 12.1 Å². The summed E-state index contributed by atoms with van der Waals surface area (Å²) in [6, 6.07) is 7.55. The summed E-state index contributed by atoms with van der Waals surface area (Å²) in [6.07, 6.45) is 1.07. The third-order valence-electron chi connectivity index (χ3n) is 3.67. The summed E-state index contributed by atoms with van der Waals surface area (Å²) in [6.45, 7) is 4.90. The molecule has 0 bridgehead atoms. The van der Waals surface area contributed by atoms with Crippen LogP contribution in [0.3, 0.4) is 0 Å². The smallest absolute Gasteiger partial charge is 0.333 e. The molecule has 7 heteroatoms.